The molecule has 0 spiro atoms. The van der Waals surface area contributed by atoms with Crippen LogP contribution in [0.3, 0.4) is 0 Å². The Morgan fingerprint density at radius 3 is 2.25 bits per heavy atom. The lowest BCUT2D eigenvalue weighted by Gasteiger charge is -2.15. The maximum absolute atomic E-state index is 12.8. The Hall–Kier alpha value is -3.61. The van der Waals surface area contributed by atoms with Crippen molar-refractivity contribution < 1.29 is 14.4 Å². The first kappa shape index (κ1) is 21.6. The van der Waals surface area contributed by atoms with Crippen LogP contribution in [0.25, 0.3) is 0 Å². The van der Waals surface area contributed by atoms with Gasteiger partial charge in [0, 0.05) is 22.0 Å². The molecule has 3 aromatic carbocycles. The molecule has 0 saturated carbocycles. The Morgan fingerprint density at radius 1 is 0.844 bits per heavy atom. The molecule has 1 aliphatic heterocycles. The highest BCUT2D eigenvalue weighted by Crippen LogP contribution is 2.31. The molecule has 1 aliphatic rings. The predicted octanol–water partition coefficient (Wildman–Crippen LogP) is 5.34. The summed E-state index contributed by atoms with van der Waals surface area (Å²) in [6.07, 6.45) is 0. The molecule has 32 heavy (non-hydrogen) atoms. The van der Waals surface area contributed by atoms with Gasteiger partial charge in [-0.25, -0.2) is 4.90 Å². The minimum absolute atomic E-state index is 0.0476. The third kappa shape index (κ3) is 4.37. The molecule has 0 radical (unpaired) electrons. The first-order valence-electron chi connectivity index (χ1n) is 9.63. The molecular formula is C24H17Cl2N3O3. The normalized spacial score (nSPS) is 13.5. The van der Waals surface area contributed by atoms with Crippen LogP contribution in [0.1, 0.15) is 15.9 Å². The number of hydrogen-bond acceptors (Lipinski definition) is 4. The van der Waals surface area contributed by atoms with Crippen LogP contribution < -0.4 is 15.5 Å². The summed E-state index contributed by atoms with van der Waals surface area (Å²) in [7, 11) is 0. The fourth-order valence-electron chi connectivity index (χ4n) is 3.24. The number of halogens is 2. The van der Waals surface area contributed by atoms with Crippen molar-refractivity contribution in [2.24, 2.45) is 0 Å². The molecule has 3 amide bonds. The van der Waals surface area contributed by atoms with E-state index in [9.17, 15) is 14.4 Å². The van der Waals surface area contributed by atoms with Gasteiger partial charge in [-0.05, 0) is 67.1 Å². The van der Waals surface area contributed by atoms with Crippen LogP contribution in [0, 0.1) is 6.92 Å². The number of imide groups is 1. The molecule has 1 heterocycles. The van der Waals surface area contributed by atoms with Gasteiger partial charge in [-0.15, -0.1) is 0 Å². The van der Waals surface area contributed by atoms with Gasteiger partial charge in [0.1, 0.15) is 10.7 Å². The van der Waals surface area contributed by atoms with E-state index < -0.39 is 11.8 Å². The van der Waals surface area contributed by atoms with E-state index in [1.54, 1.807) is 42.5 Å². The Bertz CT molecular complexity index is 1270. The minimum Gasteiger partial charge on any atom is -0.350 e. The lowest BCUT2D eigenvalue weighted by Crippen LogP contribution is -2.32. The molecule has 0 aliphatic carbocycles. The highest BCUT2D eigenvalue weighted by Gasteiger charge is 2.39. The fraction of sp³-hybridized carbons (Fsp3) is 0.0417. The van der Waals surface area contributed by atoms with Gasteiger partial charge in [-0.2, -0.15) is 0 Å². The zero-order valence-corrected chi connectivity index (χ0v) is 18.4. The summed E-state index contributed by atoms with van der Waals surface area (Å²) in [4.78, 5) is 38.8. The summed E-state index contributed by atoms with van der Waals surface area (Å²) >= 11 is 12.1. The molecule has 2 N–H and O–H groups in total. The number of anilines is 3. The topological polar surface area (TPSA) is 78.5 Å². The molecule has 4 rings (SSSR count). The van der Waals surface area contributed by atoms with Crippen molar-refractivity contribution >= 4 is 58.0 Å². The molecular weight excluding hydrogens is 449 g/mol. The predicted molar refractivity (Wildman–Crippen MR) is 126 cm³/mol. The van der Waals surface area contributed by atoms with E-state index >= 15 is 0 Å². The first-order chi connectivity index (χ1) is 15.3. The van der Waals surface area contributed by atoms with Gasteiger partial charge >= 0.3 is 0 Å². The summed E-state index contributed by atoms with van der Waals surface area (Å²) in [5.74, 6) is -1.50. The molecule has 6 nitrogen and oxygen atoms in total. The Morgan fingerprint density at radius 2 is 1.56 bits per heavy atom. The van der Waals surface area contributed by atoms with Gasteiger partial charge in [0.25, 0.3) is 17.7 Å². The Kier molecular flexibility index (Phi) is 5.99. The summed E-state index contributed by atoms with van der Waals surface area (Å²) in [6.45, 7) is 1.94. The number of amides is 3. The molecule has 0 atom stereocenters. The standard InChI is InChI=1S/C24H17Cl2N3O3/c1-14-4-2-6-18(12-14)28-22(30)15-8-10-17(11-9-15)27-21-20(26)23(31)29(24(21)32)19-7-3-5-16(25)13-19/h2-13,27H,1H3,(H,28,30). The van der Waals surface area contributed by atoms with Crippen molar-refractivity contribution in [3.05, 3.63) is 99.7 Å². The zero-order valence-electron chi connectivity index (χ0n) is 16.9. The minimum atomic E-state index is -0.643. The van der Waals surface area contributed by atoms with Crippen LogP contribution in [0.15, 0.2) is 83.5 Å². The molecule has 0 fully saturated rings. The smallest absolute Gasteiger partial charge is 0.283 e. The molecule has 0 saturated heterocycles. The van der Waals surface area contributed by atoms with E-state index in [1.165, 1.54) is 6.07 Å². The summed E-state index contributed by atoms with van der Waals surface area (Å²) < 4.78 is 0. The second-order valence-corrected chi connectivity index (χ2v) is 7.95. The highest BCUT2D eigenvalue weighted by molar-refractivity contribution is 6.53. The van der Waals surface area contributed by atoms with Crippen molar-refractivity contribution in [3.63, 3.8) is 0 Å². The maximum Gasteiger partial charge on any atom is 0.283 e. The van der Waals surface area contributed by atoms with Crippen LogP contribution in [-0.2, 0) is 9.59 Å². The lowest BCUT2D eigenvalue weighted by molar-refractivity contribution is -0.120. The fourth-order valence-corrected chi connectivity index (χ4v) is 3.63. The number of carbonyl (C=O) groups is 3. The SMILES string of the molecule is Cc1cccc(NC(=O)c2ccc(NC3=C(Cl)C(=O)N(c4cccc(Cl)c4)C3=O)cc2)c1. The van der Waals surface area contributed by atoms with Crippen LogP contribution in [0.4, 0.5) is 17.1 Å². The summed E-state index contributed by atoms with van der Waals surface area (Å²) in [6, 6.07) is 20.3. The number of rotatable bonds is 5. The zero-order chi connectivity index (χ0) is 22.8. The maximum atomic E-state index is 12.8. The Balaban J connectivity index is 1.49. The largest absolute Gasteiger partial charge is 0.350 e. The monoisotopic (exact) mass is 465 g/mol. The number of nitrogens with one attached hydrogen (secondary N) is 2. The number of aryl methyl sites for hydroxylation is 1. The molecule has 0 bridgehead atoms. The van der Waals surface area contributed by atoms with Crippen LogP contribution >= 0.6 is 23.2 Å². The van der Waals surface area contributed by atoms with Crippen molar-refractivity contribution in [2.75, 3.05) is 15.5 Å². The van der Waals surface area contributed by atoms with Gasteiger partial charge in [-0.3, -0.25) is 14.4 Å². The summed E-state index contributed by atoms with van der Waals surface area (Å²) in [5.41, 5.74) is 2.95. The molecule has 0 unspecified atom stereocenters. The average Bonchev–Trinajstić information content (AvgIpc) is 2.97. The van der Waals surface area contributed by atoms with Crippen LogP contribution in [0.2, 0.25) is 5.02 Å². The number of carbonyl (C=O) groups excluding carboxylic acids is 3. The van der Waals surface area contributed by atoms with Gasteiger partial charge < -0.3 is 10.6 Å². The second-order valence-electron chi connectivity index (χ2n) is 7.14. The van der Waals surface area contributed by atoms with E-state index in [0.29, 0.717) is 27.6 Å². The molecule has 0 aromatic heterocycles. The molecule has 160 valence electrons. The van der Waals surface area contributed by atoms with Gasteiger partial charge in [0.2, 0.25) is 0 Å². The summed E-state index contributed by atoms with van der Waals surface area (Å²) in [5, 5.41) is 5.88. The van der Waals surface area contributed by atoms with Crippen molar-refractivity contribution in [1.29, 1.82) is 0 Å². The van der Waals surface area contributed by atoms with E-state index in [-0.39, 0.29) is 16.6 Å². The lowest BCUT2D eigenvalue weighted by atomic mass is 10.1. The molecule has 8 heteroatoms. The van der Waals surface area contributed by atoms with Gasteiger partial charge in [-0.1, -0.05) is 41.4 Å². The average molecular weight is 466 g/mol. The van der Waals surface area contributed by atoms with Crippen molar-refractivity contribution in [1.82, 2.24) is 0 Å². The number of benzene rings is 3. The first-order valence-corrected chi connectivity index (χ1v) is 10.4. The van der Waals surface area contributed by atoms with Crippen molar-refractivity contribution in [2.45, 2.75) is 6.92 Å². The second kappa shape index (κ2) is 8.86. The number of hydrogen-bond donors (Lipinski definition) is 2. The van der Waals surface area contributed by atoms with Gasteiger partial charge in [0.15, 0.2) is 0 Å². The number of nitrogens with zero attached hydrogens (tertiary/aromatic N) is 1. The van der Waals surface area contributed by atoms with E-state index in [2.05, 4.69) is 10.6 Å². The van der Waals surface area contributed by atoms with Crippen LogP contribution in [-0.4, -0.2) is 17.7 Å². The highest BCUT2D eigenvalue weighted by atomic mass is 35.5. The third-order valence-electron chi connectivity index (χ3n) is 4.79. The van der Waals surface area contributed by atoms with E-state index in [4.69, 9.17) is 23.2 Å². The molecule has 3 aromatic rings. The Labute approximate surface area is 194 Å². The van der Waals surface area contributed by atoms with Crippen LogP contribution in [0.5, 0.6) is 0 Å². The van der Waals surface area contributed by atoms with E-state index in [1.807, 2.05) is 31.2 Å². The van der Waals surface area contributed by atoms with Gasteiger partial charge in [0.05, 0.1) is 5.69 Å². The quantitative estimate of drug-likeness (QED) is 0.498. The third-order valence-corrected chi connectivity index (χ3v) is 5.37. The van der Waals surface area contributed by atoms with Crippen molar-refractivity contribution in [3.8, 4) is 0 Å². The van der Waals surface area contributed by atoms with E-state index in [0.717, 1.165) is 10.5 Å².